The van der Waals surface area contributed by atoms with Gasteiger partial charge in [0.15, 0.2) is 5.79 Å². The Balaban J connectivity index is 1.50. The van der Waals surface area contributed by atoms with Crippen molar-refractivity contribution in [1.29, 1.82) is 0 Å². The fraction of sp³-hybridized carbons (Fsp3) is 0.478. The number of benzene rings is 2. The quantitative estimate of drug-likeness (QED) is 0.507. The van der Waals surface area contributed by atoms with Crippen LogP contribution in [0.4, 0.5) is 0 Å². The van der Waals surface area contributed by atoms with Crippen LogP contribution < -0.4 is 0 Å². The molecule has 0 spiro atoms. The summed E-state index contributed by atoms with van der Waals surface area (Å²) in [7, 11) is -8.31. The van der Waals surface area contributed by atoms with E-state index in [9.17, 15) is 21.9 Å². The first kappa shape index (κ1) is 26.2. The molecule has 2 heterocycles. The SMILES string of the molecule is Cc1ccc(S(=O)(=O)OC[C@@H]2O[C@@]3(COS(=O)(=O)c4ccc(C)cc4)OC(C)(C)OC3C2O)cc1. The minimum atomic E-state index is -4.18. The van der Waals surface area contributed by atoms with Crippen LogP contribution in [0.25, 0.3) is 0 Å². The Kier molecular flexibility index (Phi) is 6.88. The van der Waals surface area contributed by atoms with E-state index in [1.807, 2.05) is 13.8 Å². The summed E-state index contributed by atoms with van der Waals surface area (Å²) in [6.45, 7) is 5.61. The first-order chi connectivity index (χ1) is 16.2. The predicted molar refractivity (Wildman–Crippen MR) is 122 cm³/mol. The summed E-state index contributed by atoms with van der Waals surface area (Å²) in [5.74, 6) is -3.02. The first-order valence-corrected chi connectivity index (χ1v) is 13.7. The summed E-state index contributed by atoms with van der Waals surface area (Å²) in [5.41, 5.74) is 1.76. The van der Waals surface area contributed by atoms with Gasteiger partial charge in [-0.2, -0.15) is 16.8 Å². The van der Waals surface area contributed by atoms with Crippen LogP contribution in [0.2, 0.25) is 0 Å². The normalized spacial score (nSPS) is 28.2. The summed E-state index contributed by atoms with van der Waals surface area (Å²) in [4.78, 5) is -0.108. The summed E-state index contributed by atoms with van der Waals surface area (Å²) in [6.07, 6.45) is -3.72. The minimum Gasteiger partial charge on any atom is -0.387 e. The highest BCUT2D eigenvalue weighted by Gasteiger charge is 2.65. The number of aliphatic hydroxyl groups is 1. The smallest absolute Gasteiger partial charge is 0.297 e. The lowest BCUT2D eigenvalue weighted by molar-refractivity contribution is -0.272. The van der Waals surface area contributed by atoms with Gasteiger partial charge in [0.2, 0.25) is 5.79 Å². The van der Waals surface area contributed by atoms with Gasteiger partial charge in [0.25, 0.3) is 20.2 Å². The third-order valence-corrected chi connectivity index (χ3v) is 8.30. The highest BCUT2D eigenvalue weighted by molar-refractivity contribution is 7.87. The predicted octanol–water partition coefficient (Wildman–Crippen LogP) is 2.02. The van der Waals surface area contributed by atoms with Crippen molar-refractivity contribution in [3.8, 4) is 0 Å². The largest absolute Gasteiger partial charge is 0.387 e. The van der Waals surface area contributed by atoms with Gasteiger partial charge in [0.05, 0.1) is 16.4 Å². The highest BCUT2D eigenvalue weighted by Crippen LogP contribution is 2.46. The molecule has 35 heavy (non-hydrogen) atoms. The van der Waals surface area contributed by atoms with Crippen molar-refractivity contribution in [2.45, 2.75) is 67.4 Å². The fourth-order valence-corrected chi connectivity index (χ4v) is 5.82. The molecule has 2 unspecified atom stereocenters. The van der Waals surface area contributed by atoms with Crippen LogP contribution in [0.15, 0.2) is 58.3 Å². The standard InChI is InChI=1S/C23H28O10S2/c1-15-5-9-17(10-6-15)34(25,26)29-13-19-20(24)21-23(31-19,33-22(3,4)32-21)14-30-35(27,28)18-11-7-16(2)8-12-18/h5-12,19-21,24H,13-14H2,1-4H3/t19-,20?,21?,23-/m0/s1. The molecule has 0 amide bonds. The van der Waals surface area contributed by atoms with E-state index in [-0.39, 0.29) is 9.79 Å². The van der Waals surface area contributed by atoms with Crippen LogP contribution in [0.3, 0.4) is 0 Å². The van der Waals surface area contributed by atoms with E-state index in [4.69, 9.17) is 22.6 Å². The second-order valence-electron chi connectivity index (χ2n) is 9.08. The van der Waals surface area contributed by atoms with Gasteiger partial charge in [-0.05, 0) is 52.0 Å². The zero-order valence-electron chi connectivity index (χ0n) is 19.7. The van der Waals surface area contributed by atoms with Gasteiger partial charge in [-0.3, -0.25) is 8.37 Å². The average Bonchev–Trinajstić information content (AvgIpc) is 3.19. The molecule has 1 N–H and O–H groups in total. The van der Waals surface area contributed by atoms with Crippen molar-refractivity contribution in [2.24, 2.45) is 0 Å². The lowest BCUT2D eigenvalue weighted by atomic mass is 10.1. The zero-order valence-corrected chi connectivity index (χ0v) is 21.3. The van der Waals surface area contributed by atoms with E-state index < -0.39 is 63.3 Å². The average molecular weight is 529 g/mol. The maximum atomic E-state index is 12.7. The van der Waals surface area contributed by atoms with E-state index in [1.165, 1.54) is 24.3 Å². The molecule has 0 radical (unpaired) electrons. The molecule has 192 valence electrons. The minimum absolute atomic E-state index is 0.0494. The molecule has 12 heteroatoms. The second-order valence-corrected chi connectivity index (χ2v) is 12.3. The Morgan fingerprint density at radius 2 is 1.31 bits per heavy atom. The van der Waals surface area contributed by atoms with Crippen LogP contribution in [0.5, 0.6) is 0 Å². The van der Waals surface area contributed by atoms with Gasteiger partial charge >= 0.3 is 0 Å². The third kappa shape index (κ3) is 5.44. The summed E-state index contributed by atoms with van der Waals surface area (Å²) in [6, 6.07) is 12.2. The molecule has 2 saturated heterocycles. The molecular formula is C23H28O10S2. The molecule has 0 saturated carbocycles. The number of aliphatic hydroxyl groups excluding tert-OH is 1. The Bertz CT molecular complexity index is 1270. The molecule has 0 aromatic heterocycles. The Labute approximate surface area is 205 Å². The van der Waals surface area contributed by atoms with Crippen LogP contribution in [0.1, 0.15) is 25.0 Å². The molecule has 2 fully saturated rings. The number of ether oxygens (including phenoxy) is 3. The summed E-state index contributed by atoms with van der Waals surface area (Å²) >= 11 is 0. The lowest BCUT2D eigenvalue weighted by Gasteiger charge is -2.28. The molecule has 0 bridgehead atoms. The number of hydrogen-bond acceptors (Lipinski definition) is 10. The molecule has 2 aliphatic rings. The molecule has 10 nitrogen and oxygen atoms in total. The molecule has 2 aromatic rings. The van der Waals surface area contributed by atoms with E-state index in [0.717, 1.165) is 11.1 Å². The highest BCUT2D eigenvalue weighted by atomic mass is 32.2. The summed E-state index contributed by atoms with van der Waals surface area (Å²) in [5, 5.41) is 10.8. The number of fused-ring (bicyclic) bond motifs is 1. The van der Waals surface area contributed by atoms with Gasteiger partial charge in [-0.1, -0.05) is 35.4 Å². The number of aryl methyl sites for hydroxylation is 2. The van der Waals surface area contributed by atoms with E-state index in [0.29, 0.717) is 0 Å². The van der Waals surface area contributed by atoms with Crippen molar-refractivity contribution >= 4 is 20.2 Å². The van der Waals surface area contributed by atoms with Crippen LogP contribution >= 0.6 is 0 Å². The molecule has 0 aliphatic carbocycles. The number of rotatable bonds is 8. The Hall–Kier alpha value is -1.90. The molecule has 4 atom stereocenters. The van der Waals surface area contributed by atoms with Crippen molar-refractivity contribution in [3.63, 3.8) is 0 Å². The van der Waals surface area contributed by atoms with Gasteiger partial charge < -0.3 is 19.3 Å². The maximum Gasteiger partial charge on any atom is 0.297 e. The van der Waals surface area contributed by atoms with E-state index in [2.05, 4.69) is 0 Å². The fourth-order valence-electron chi connectivity index (χ4n) is 3.98. The maximum absolute atomic E-state index is 12.7. The van der Waals surface area contributed by atoms with Crippen LogP contribution in [-0.2, 0) is 42.8 Å². The van der Waals surface area contributed by atoms with Crippen molar-refractivity contribution in [1.82, 2.24) is 0 Å². The Morgan fingerprint density at radius 1 is 0.829 bits per heavy atom. The zero-order chi connectivity index (χ0) is 25.6. The van der Waals surface area contributed by atoms with Gasteiger partial charge in [0, 0.05) is 0 Å². The second kappa shape index (κ2) is 9.20. The van der Waals surface area contributed by atoms with Crippen molar-refractivity contribution in [2.75, 3.05) is 13.2 Å². The third-order valence-electron chi connectivity index (χ3n) is 5.73. The van der Waals surface area contributed by atoms with Crippen molar-refractivity contribution in [3.05, 3.63) is 59.7 Å². The van der Waals surface area contributed by atoms with Gasteiger partial charge in [0.1, 0.15) is 24.9 Å². The molecule has 2 aliphatic heterocycles. The first-order valence-electron chi connectivity index (χ1n) is 10.9. The molecule has 4 rings (SSSR count). The molecular weight excluding hydrogens is 500 g/mol. The topological polar surface area (TPSA) is 135 Å². The van der Waals surface area contributed by atoms with Crippen LogP contribution in [-0.4, -0.2) is 65.0 Å². The van der Waals surface area contributed by atoms with Gasteiger partial charge in [-0.15, -0.1) is 0 Å². The van der Waals surface area contributed by atoms with Crippen molar-refractivity contribution < 1.29 is 44.5 Å². The molecule has 2 aromatic carbocycles. The van der Waals surface area contributed by atoms with Crippen LogP contribution in [0, 0.1) is 13.8 Å². The Morgan fingerprint density at radius 3 is 1.83 bits per heavy atom. The van der Waals surface area contributed by atoms with E-state index >= 15 is 0 Å². The van der Waals surface area contributed by atoms with Gasteiger partial charge in [-0.25, -0.2) is 0 Å². The summed E-state index contributed by atoms with van der Waals surface area (Å²) < 4.78 is 78.3. The lowest BCUT2D eigenvalue weighted by Crippen LogP contribution is -2.45. The van der Waals surface area contributed by atoms with E-state index in [1.54, 1.807) is 38.1 Å². The monoisotopic (exact) mass is 528 g/mol. The number of hydrogen-bond donors (Lipinski definition) is 1.